The van der Waals surface area contributed by atoms with Crippen LogP contribution in [0.1, 0.15) is 39.0 Å². The summed E-state index contributed by atoms with van der Waals surface area (Å²) in [4.78, 5) is 24.9. The first-order valence-corrected chi connectivity index (χ1v) is 7.54. The van der Waals surface area contributed by atoms with Gasteiger partial charge in [0.05, 0.1) is 14.2 Å². The molecule has 0 spiro atoms. The van der Waals surface area contributed by atoms with Crippen molar-refractivity contribution in [3.8, 4) is 0 Å². The standard InChI is InChI=1S/C17H24O4/c1-11(2)13-10-17(15(18)20-3,16(19)21-4)14-9-7-5-6-8-12(13)14/h10,12,14H,1,5-9H2,2-4H3/t12-,14+/m0/s1. The highest BCUT2D eigenvalue weighted by molar-refractivity contribution is 6.03. The van der Waals surface area contributed by atoms with Crippen LogP contribution in [0.25, 0.3) is 0 Å². The molecule has 0 bridgehead atoms. The molecule has 0 saturated heterocycles. The molecule has 0 aromatic rings. The molecule has 2 aliphatic rings. The van der Waals surface area contributed by atoms with E-state index in [1.807, 2.05) is 6.92 Å². The molecule has 0 amide bonds. The quantitative estimate of drug-likeness (QED) is 0.592. The van der Waals surface area contributed by atoms with E-state index < -0.39 is 17.4 Å². The highest BCUT2D eigenvalue weighted by Gasteiger charge is 2.59. The van der Waals surface area contributed by atoms with Crippen molar-refractivity contribution in [2.45, 2.75) is 39.0 Å². The third-order valence-electron chi connectivity index (χ3n) is 4.92. The van der Waals surface area contributed by atoms with Crippen molar-refractivity contribution >= 4 is 11.9 Å². The summed E-state index contributed by atoms with van der Waals surface area (Å²) in [6.07, 6.45) is 6.86. The number of rotatable bonds is 3. The van der Waals surface area contributed by atoms with E-state index in [1.165, 1.54) is 14.2 Å². The van der Waals surface area contributed by atoms with E-state index in [2.05, 4.69) is 6.58 Å². The molecular formula is C17H24O4. The Kier molecular flexibility index (Phi) is 4.55. The van der Waals surface area contributed by atoms with Crippen molar-refractivity contribution in [1.29, 1.82) is 0 Å². The number of methoxy groups -OCH3 is 2. The molecule has 0 heterocycles. The lowest BCUT2D eigenvalue weighted by Gasteiger charge is -2.31. The summed E-state index contributed by atoms with van der Waals surface area (Å²) >= 11 is 0. The molecule has 1 saturated carbocycles. The van der Waals surface area contributed by atoms with Gasteiger partial charge in [-0.1, -0.05) is 37.5 Å². The van der Waals surface area contributed by atoms with Crippen molar-refractivity contribution in [2.24, 2.45) is 17.3 Å². The summed E-state index contributed by atoms with van der Waals surface area (Å²) in [5.41, 5.74) is 0.645. The highest BCUT2D eigenvalue weighted by Crippen LogP contribution is 2.54. The fourth-order valence-electron chi connectivity index (χ4n) is 3.97. The first-order valence-electron chi connectivity index (χ1n) is 7.54. The van der Waals surface area contributed by atoms with Crippen LogP contribution in [0.5, 0.6) is 0 Å². The second-order valence-corrected chi connectivity index (χ2v) is 6.08. The van der Waals surface area contributed by atoms with E-state index in [0.29, 0.717) is 0 Å². The lowest BCUT2D eigenvalue weighted by molar-refractivity contribution is -0.169. The maximum Gasteiger partial charge on any atom is 0.327 e. The largest absolute Gasteiger partial charge is 0.468 e. The number of fused-ring (bicyclic) bond motifs is 1. The van der Waals surface area contributed by atoms with Crippen LogP contribution in [0.2, 0.25) is 0 Å². The number of carbonyl (C=O) groups excluding carboxylic acids is 2. The number of hydrogen-bond acceptors (Lipinski definition) is 4. The van der Waals surface area contributed by atoms with Gasteiger partial charge in [-0.25, -0.2) is 0 Å². The molecule has 0 aliphatic heterocycles. The first kappa shape index (κ1) is 15.8. The van der Waals surface area contributed by atoms with Gasteiger partial charge in [0.25, 0.3) is 0 Å². The van der Waals surface area contributed by atoms with Crippen molar-refractivity contribution in [2.75, 3.05) is 14.2 Å². The van der Waals surface area contributed by atoms with Crippen LogP contribution in [0.15, 0.2) is 23.8 Å². The molecule has 2 aliphatic carbocycles. The predicted molar refractivity (Wildman–Crippen MR) is 79.4 cm³/mol. The minimum absolute atomic E-state index is 0.0772. The van der Waals surface area contributed by atoms with Crippen molar-refractivity contribution < 1.29 is 19.1 Å². The van der Waals surface area contributed by atoms with Crippen LogP contribution in [0.4, 0.5) is 0 Å². The zero-order valence-corrected chi connectivity index (χ0v) is 13.1. The van der Waals surface area contributed by atoms with Crippen LogP contribution >= 0.6 is 0 Å². The Balaban J connectivity index is 2.57. The zero-order chi connectivity index (χ0) is 15.6. The minimum Gasteiger partial charge on any atom is -0.468 e. The summed E-state index contributed by atoms with van der Waals surface area (Å²) in [6.45, 7) is 5.95. The van der Waals surface area contributed by atoms with Crippen molar-refractivity contribution in [1.82, 2.24) is 0 Å². The smallest absolute Gasteiger partial charge is 0.327 e. The predicted octanol–water partition coefficient (Wildman–Crippen LogP) is 3.03. The number of carbonyl (C=O) groups is 2. The zero-order valence-electron chi connectivity index (χ0n) is 13.1. The highest BCUT2D eigenvalue weighted by atomic mass is 16.5. The molecular weight excluding hydrogens is 268 g/mol. The number of hydrogen-bond donors (Lipinski definition) is 0. The van der Waals surface area contributed by atoms with Gasteiger partial charge >= 0.3 is 11.9 Å². The summed E-state index contributed by atoms with van der Waals surface area (Å²) in [5, 5.41) is 0. The SMILES string of the molecule is C=C(C)C1=CC(C(=O)OC)(C(=O)OC)[C@@H]2CCCCC[C@@H]12. The second-order valence-electron chi connectivity index (χ2n) is 6.08. The van der Waals surface area contributed by atoms with Crippen molar-refractivity contribution in [3.05, 3.63) is 23.8 Å². The van der Waals surface area contributed by atoms with Gasteiger partial charge in [-0.2, -0.15) is 0 Å². The molecule has 2 atom stereocenters. The molecule has 0 aromatic carbocycles. The monoisotopic (exact) mass is 292 g/mol. The van der Waals surface area contributed by atoms with Gasteiger partial charge < -0.3 is 9.47 Å². The van der Waals surface area contributed by atoms with E-state index in [1.54, 1.807) is 6.08 Å². The van der Waals surface area contributed by atoms with E-state index in [4.69, 9.17) is 9.47 Å². The average molecular weight is 292 g/mol. The fourth-order valence-corrected chi connectivity index (χ4v) is 3.97. The molecule has 0 radical (unpaired) electrons. The van der Waals surface area contributed by atoms with Crippen LogP contribution in [0.3, 0.4) is 0 Å². The molecule has 116 valence electrons. The van der Waals surface area contributed by atoms with Crippen LogP contribution in [0, 0.1) is 17.3 Å². The topological polar surface area (TPSA) is 52.6 Å². The summed E-state index contributed by atoms with van der Waals surface area (Å²) < 4.78 is 9.93. The van der Waals surface area contributed by atoms with E-state index >= 15 is 0 Å². The molecule has 4 nitrogen and oxygen atoms in total. The molecule has 2 rings (SSSR count). The van der Waals surface area contributed by atoms with Crippen LogP contribution < -0.4 is 0 Å². The Hall–Kier alpha value is -1.58. The first-order chi connectivity index (χ1) is 9.98. The molecule has 21 heavy (non-hydrogen) atoms. The van der Waals surface area contributed by atoms with Crippen LogP contribution in [-0.2, 0) is 19.1 Å². The Morgan fingerprint density at radius 1 is 1.14 bits per heavy atom. The van der Waals surface area contributed by atoms with Gasteiger partial charge in [-0.05, 0) is 37.2 Å². The van der Waals surface area contributed by atoms with Gasteiger partial charge in [0.15, 0.2) is 5.41 Å². The molecule has 1 fully saturated rings. The normalized spacial score (nSPS) is 27.1. The second kappa shape index (κ2) is 6.04. The Bertz CT molecular complexity index is 473. The Labute approximate surface area is 126 Å². The number of esters is 2. The third kappa shape index (κ3) is 2.41. The molecule has 0 N–H and O–H groups in total. The maximum atomic E-state index is 12.5. The molecule has 0 aromatic heterocycles. The third-order valence-corrected chi connectivity index (χ3v) is 4.92. The summed E-state index contributed by atoms with van der Waals surface area (Å²) in [6, 6.07) is 0. The van der Waals surface area contributed by atoms with Crippen molar-refractivity contribution in [3.63, 3.8) is 0 Å². The van der Waals surface area contributed by atoms with Crippen LogP contribution in [-0.4, -0.2) is 26.2 Å². The average Bonchev–Trinajstić information content (AvgIpc) is 2.63. The van der Waals surface area contributed by atoms with Gasteiger partial charge in [0.1, 0.15) is 0 Å². The maximum absolute atomic E-state index is 12.5. The molecule has 4 heteroatoms. The fraction of sp³-hybridized carbons (Fsp3) is 0.647. The lowest BCUT2D eigenvalue weighted by atomic mass is 9.71. The van der Waals surface area contributed by atoms with E-state index in [-0.39, 0.29) is 11.8 Å². The molecule has 0 unspecified atom stereocenters. The number of allylic oxidation sites excluding steroid dienone is 2. The van der Waals surface area contributed by atoms with Gasteiger partial charge in [-0.15, -0.1) is 0 Å². The van der Waals surface area contributed by atoms with E-state index in [9.17, 15) is 9.59 Å². The number of ether oxygens (including phenoxy) is 2. The lowest BCUT2D eigenvalue weighted by Crippen LogP contribution is -2.45. The summed E-state index contributed by atoms with van der Waals surface area (Å²) in [7, 11) is 2.65. The van der Waals surface area contributed by atoms with Gasteiger partial charge in [0, 0.05) is 0 Å². The van der Waals surface area contributed by atoms with Gasteiger partial charge in [-0.3, -0.25) is 9.59 Å². The Morgan fingerprint density at radius 3 is 2.24 bits per heavy atom. The van der Waals surface area contributed by atoms with E-state index in [0.717, 1.165) is 43.3 Å². The summed E-state index contributed by atoms with van der Waals surface area (Å²) in [5.74, 6) is -0.903. The van der Waals surface area contributed by atoms with Gasteiger partial charge in [0.2, 0.25) is 0 Å². The Morgan fingerprint density at radius 2 is 1.71 bits per heavy atom. The minimum atomic E-state index is -1.30.